The summed E-state index contributed by atoms with van der Waals surface area (Å²) in [5.41, 5.74) is 3.13. The van der Waals surface area contributed by atoms with Gasteiger partial charge in [-0.05, 0) is 32.4 Å². The van der Waals surface area contributed by atoms with Crippen LogP contribution in [0.5, 0.6) is 0 Å². The second kappa shape index (κ2) is 5.69. The van der Waals surface area contributed by atoms with Gasteiger partial charge in [-0.25, -0.2) is 4.68 Å². The molecule has 0 saturated heterocycles. The smallest absolute Gasteiger partial charge is 0.280 e. The summed E-state index contributed by atoms with van der Waals surface area (Å²) in [5.74, 6) is 0. The van der Waals surface area contributed by atoms with Crippen LogP contribution in [0.1, 0.15) is 31.5 Å². The fraction of sp³-hybridized carbons (Fsp3) is 0.333. The molecule has 2 aromatic rings. The maximum atomic E-state index is 12.4. The Bertz CT molecular complexity index is 635. The molecule has 19 heavy (non-hydrogen) atoms. The fourth-order valence-corrected chi connectivity index (χ4v) is 2.09. The predicted octanol–water partition coefficient (Wildman–Crippen LogP) is 2.69. The molecule has 4 nitrogen and oxygen atoms in total. The van der Waals surface area contributed by atoms with Gasteiger partial charge in [-0.2, -0.15) is 0 Å². The Balaban J connectivity index is 2.50. The van der Waals surface area contributed by atoms with Crippen molar-refractivity contribution < 1.29 is 0 Å². The van der Waals surface area contributed by atoms with Crippen LogP contribution in [0.4, 0.5) is 0 Å². The van der Waals surface area contributed by atoms with Gasteiger partial charge in [0.2, 0.25) is 0 Å². The first-order chi connectivity index (χ1) is 9.15. The molecule has 0 amide bonds. The number of aromatic nitrogens is 2. The van der Waals surface area contributed by atoms with E-state index in [4.69, 9.17) is 0 Å². The van der Waals surface area contributed by atoms with Gasteiger partial charge in [0.25, 0.3) is 5.56 Å². The number of benzene rings is 1. The van der Waals surface area contributed by atoms with Crippen LogP contribution >= 0.6 is 0 Å². The predicted molar refractivity (Wildman–Crippen MR) is 78.5 cm³/mol. The summed E-state index contributed by atoms with van der Waals surface area (Å²) in [6, 6.07) is 9.56. The zero-order chi connectivity index (χ0) is 13.8. The Kier molecular flexibility index (Phi) is 4.00. The van der Waals surface area contributed by atoms with Crippen molar-refractivity contribution in [3.05, 3.63) is 51.9 Å². The quantitative estimate of drug-likeness (QED) is 0.841. The molecule has 0 spiro atoms. The van der Waals surface area contributed by atoms with E-state index in [0.717, 1.165) is 30.1 Å². The van der Waals surface area contributed by atoms with Gasteiger partial charge in [-0.1, -0.05) is 25.1 Å². The highest BCUT2D eigenvalue weighted by molar-refractivity contribution is 5.99. The van der Waals surface area contributed by atoms with Gasteiger partial charge >= 0.3 is 0 Å². The molecule has 0 aliphatic carbocycles. The third kappa shape index (κ3) is 2.67. The van der Waals surface area contributed by atoms with Crippen LogP contribution in [0.15, 0.2) is 40.1 Å². The first kappa shape index (κ1) is 13.3. The minimum atomic E-state index is -0.0407. The van der Waals surface area contributed by atoms with Gasteiger partial charge in [0.05, 0.1) is 11.3 Å². The van der Waals surface area contributed by atoms with E-state index < -0.39 is 0 Å². The van der Waals surface area contributed by atoms with Crippen molar-refractivity contribution in [2.24, 2.45) is 4.99 Å². The Hall–Kier alpha value is -2.10. The van der Waals surface area contributed by atoms with Crippen LogP contribution in [0.25, 0.3) is 5.69 Å². The van der Waals surface area contributed by atoms with E-state index in [9.17, 15) is 4.79 Å². The second-order valence-corrected chi connectivity index (χ2v) is 4.56. The molecule has 100 valence electrons. The van der Waals surface area contributed by atoms with Crippen molar-refractivity contribution in [3.63, 3.8) is 0 Å². The average Bonchev–Trinajstić information content (AvgIpc) is 2.72. The summed E-state index contributed by atoms with van der Waals surface area (Å²) in [5, 5.41) is 3.11. The Morgan fingerprint density at radius 3 is 2.63 bits per heavy atom. The minimum Gasteiger partial charge on any atom is -0.295 e. The molecule has 0 fully saturated rings. The molecule has 4 heteroatoms. The van der Waals surface area contributed by atoms with Gasteiger partial charge in [0.1, 0.15) is 0 Å². The molecule has 1 N–H and O–H groups in total. The molecule has 0 atom stereocenters. The number of nitrogens with zero attached hydrogens (tertiary/aromatic N) is 2. The summed E-state index contributed by atoms with van der Waals surface area (Å²) in [4.78, 5) is 16.9. The normalized spacial score (nSPS) is 11.8. The lowest BCUT2D eigenvalue weighted by atomic mass is 10.2. The van der Waals surface area contributed by atoms with Crippen molar-refractivity contribution >= 4 is 5.71 Å². The average molecular weight is 257 g/mol. The summed E-state index contributed by atoms with van der Waals surface area (Å²) in [6.45, 7) is 6.62. The molecule has 0 unspecified atom stereocenters. The number of hydrogen-bond acceptors (Lipinski definition) is 2. The van der Waals surface area contributed by atoms with Gasteiger partial charge in [-0.15, -0.1) is 0 Å². The van der Waals surface area contributed by atoms with Crippen LogP contribution in [-0.4, -0.2) is 22.0 Å². The van der Waals surface area contributed by atoms with Crippen LogP contribution in [-0.2, 0) is 0 Å². The van der Waals surface area contributed by atoms with E-state index in [1.807, 2.05) is 44.2 Å². The molecule has 1 heterocycles. The Labute approximate surface area is 112 Å². The monoisotopic (exact) mass is 257 g/mol. The van der Waals surface area contributed by atoms with E-state index in [1.165, 1.54) is 0 Å². The van der Waals surface area contributed by atoms with Crippen molar-refractivity contribution in [2.75, 3.05) is 6.54 Å². The molecule has 0 saturated carbocycles. The molecule has 1 aromatic carbocycles. The number of hydrogen-bond donors (Lipinski definition) is 1. The lowest BCUT2D eigenvalue weighted by Crippen LogP contribution is -2.19. The molecule has 0 bridgehead atoms. The number of aromatic amines is 1. The fourth-order valence-electron chi connectivity index (χ4n) is 2.09. The Morgan fingerprint density at radius 1 is 1.32 bits per heavy atom. The van der Waals surface area contributed by atoms with Crippen LogP contribution in [0, 0.1) is 6.92 Å². The number of nitrogens with one attached hydrogen (secondary N) is 1. The number of rotatable bonds is 4. The van der Waals surface area contributed by atoms with Gasteiger partial charge in [-0.3, -0.25) is 14.9 Å². The highest BCUT2D eigenvalue weighted by atomic mass is 16.1. The molecular formula is C15H19N3O. The van der Waals surface area contributed by atoms with Crippen molar-refractivity contribution in [2.45, 2.75) is 27.2 Å². The molecule has 1 aromatic heterocycles. The van der Waals surface area contributed by atoms with E-state index in [-0.39, 0.29) is 5.56 Å². The summed E-state index contributed by atoms with van der Waals surface area (Å²) < 4.78 is 1.57. The van der Waals surface area contributed by atoms with Crippen LogP contribution in [0.2, 0.25) is 0 Å². The van der Waals surface area contributed by atoms with E-state index in [0.29, 0.717) is 5.56 Å². The lowest BCUT2D eigenvalue weighted by molar-refractivity contribution is 0.835. The molecule has 0 radical (unpaired) electrons. The number of aryl methyl sites for hydroxylation is 1. The number of para-hydroxylation sites is 1. The topological polar surface area (TPSA) is 50.1 Å². The van der Waals surface area contributed by atoms with Crippen molar-refractivity contribution in [1.29, 1.82) is 0 Å². The Morgan fingerprint density at radius 2 is 2.00 bits per heavy atom. The first-order valence-electron chi connectivity index (χ1n) is 6.53. The summed E-state index contributed by atoms with van der Waals surface area (Å²) in [7, 11) is 0. The number of aliphatic imine (C=N–C) groups is 1. The molecule has 0 aliphatic heterocycles. The van der Waals surface area contributed by atoms with Gasteiger partial charge < -0.3 is 0 Å². The molecule has 0 aliphatic rings. The summed E-state index contributed by atoms with van der Waals surface area (Å²) in [6.07, 6.45) is 0.980. The lowest BCUT2D eigenvalue weighted by Gasteiger charge is -1.99. The second-order valence-electron chi connectivity index (χ2n) is 4.56. The first-order valence-corrected chi connectivity index (χ1v) is 6.53. The van der Waals surface area contributed by atoms with E-state index in [2.05, 4.69) is 17.0 Å². The third-order valence-electron chi connectivity index (χ3n) is 3.02. The standard InChI is InChI=1S/C15H19N3O/c1-4-10-16-11(2)14-12(3)17-18(15(14)19)13-8-6-5-7-9-13/h5-9,17H,4,10H2,1-3H3. The zero-order valence-electron chi connectivity index (χ0n) is 11.6. The van der Waals surface area contributed by atoms with Gasteiger partial charge in [0.15, 0.2) is 0 Å². The van der Waals surface area contributed by atoms with Gasteiger partial charge in [0, 0.05) is 18.0 Å². The SMILES string of the molecule is CCCN=C(C)c1c(C)[nH]n(-c2ccccc2)c1=O. The van der Waals surface area contributed by atoms with E-state index in [1.54, 1.807) is 4.68 Å². The maximum Gasteiger partial charge on any atom is 0.280 e. The number of H-pyrrole nitrogens is 1. The highest BCUT2D eigenvalue weighted by Crippen LogP contribution is 2.07. The maximum absolute atomic E-state index is 12.4. The van der Waals surface area contributed by atoms with E-state index >= 15 is 0 Å². The van der Waals surface area contributed by atoms with Crippen LogP contribution in [0.3, 0.4) is 0 Å². The zero-order valence-corrected chi connectivity index (χ0v) is 11.6. The molecule has 2 rings (SSSR count). The van der Waals surface area contributed by atoms with Crippen molar-refractivity contribution in [3.8, 4) is 5.69 Å². The minimum absolute atomic E-state index is 0.0407. The highest BCUT2D eigenvalue weighted by Gasteiger charge is 2.14. The molecular weight excluding hydrogens is 238 g/mol. The summed E-state index contributed by atoms with van der Waals surface area (Å²) >= 11 is 0. The largest absolute Gasteiger partial charge is 0.295 e. The van der Waals surface area contributed by atoms with Crippen LogP contribution < -0.4 is 5.56 Å². The van der Waals surface area contributed by atoms with Crippen molar-refractivity contribution in [1.82, 2.24) is 9.78 Å². The third-order valence-corrected chi connectivity index (χ3v) is 3.02.